The number of benzene rings is 1. The minimum Gasteiger partial charge on any atom is -0.492 e. The maximum atomic E-state index is 12.0. The number of carbonyl (C=O) groups excluding carboxylic acids is 1. The first-order valence-electron chi connectivity index (χ1n) is 6.29. The first kappa shape index (κ1) is 13.2. The third-order valence-electron chi connectivity index (χ3n) is 3.09. The van der Waals surface area contributed by atoms with Gasteiger partial charge in [-0.2, -0.15) is 0 Å². The van der Waals surface area contributed by atoms with Crippen molar-refractivity contribution in [3.63, 3.8) is 0 Å². The molecule has 0 spiro atoms. The second-order valence-electron chi connectivity index (χ2n) is 4.68. The smallest absolute Gasteiger partial charge is 0.226 e. The molecule has 98 valence electrons. The van der Waals surface area contributed by atoms with Gasteiger partial charge in [0.05, 0.1) is 5.92 Å². The molecule has 0 aromatic heterocycles. The molecule has 1 aromatic rings. The van der Waals surface area contributed by atoms with Crippen LogP contribution in [-0.2, 0) is 11.2 Å². The van der Waals surface area contributed by atoms with Gasteiger partial charge in [0.2, 0.25) is 5.91 Å². The fraction of sp³-hybridized carbons (Fsp3) is 0.500. The molecule has 18 heavy (non-hydrogen) atoms. The Kier molecular flexibility index (Phi) is 4.48. The summed E-state index contributed by atoms with van der Waals surface area (Å²) in [6, 6.07) is 7.87. The molecule has 4 heteroatoms. The molecule has 1 heterocycles. The largest absolute Gasteiger partial charge is 0.492 e. The fourth-order valence-corrected chi connectivity index (χ4v) is 2.14. The Hall–Kier alpha value is -1.22. The van der Waals surface area contributed by atoms with Crippen molar-refractivity contribution in [2.75, 3.05) is 13.2 Å². The highest BCUT2D eigenvalue weighted by Gasteiger charge is 2.25. The predicted molar refractivity (Wildman–Crippen MR) is 72.1 cm³/mol. The van der Waals surface area contributed by atoms with Crippen LogP contribution >= 0.6 is 11.6 Å². The number of para-hydroxylation sites is 1. The zero-order valence-electron chi connectivity index (χ0n) is 10.5. The molecule has 0 fully saturated rings. The predicted octanol–water partition coefficient (Wildman–Crippen LogP) is 2.37. The maximum absolute atomic E-state index is 12.0. The topological polar surface area (TPSA) is 38.3 Å². The summed E-state index contributed by atoms with van der Waals surface area (Å²) in [5.41, 5.74) is 1.11. The first-order valence-corrected chi connectivity index (χ1v) is 6.73. The van der Waals surface area contributed by atoms with Gasteiger partial charge < -0.3 is 10.1 Å². The number of rotatable bonds is 4. The van der Waals surface area contributed by atoms with E-state index in [2.05, 4.69) is 5.32 Å². The van der Waals surface area contributed by atoms with Crippen LogP contribution in [0, 0.1) is 5.92 Å². The average molecular weight is 268 g/mol. The normalized spacial score (nSPS) is 19.6. The van der Waals surface area contributed by atoms with Crippen LogP contribution in [0.3, 0.4) is 0 Å². The van der Waals surface area contributed by atoms with Crippen LogP contribution < -0.4 is 10.1 Å². The van der Waals surface area contributed by atoms with Gasteiger partial charge >= 0.3 is 0 Å². The van der Waals surface area contributed by atoms with Crippen molar-refractivity contribution in [1.82, 2.24) is 5.32 Å². The van der Waals surface area contributed by atoms with Crippen molar-refractivity contribution in [3.05, 3.63) is 29.8 Å². The number of hydrogen-bond donors (Lipinski definition) is 1. The van der Waals surface area contributed by atoms with E-state index >= 15 is 0 Å². The Labute approximate surface area is 112 Å². The zero-order chi connectivity index (χ0) is 13.0. The van der Waals surface area contributed by atoms with Gasteiger partial charge in [-0.1, -0.05) is 18.2 Å². The van der Waals surface area contributed by atoms with Crippen molar-refractivity contribution < 1.29 is 9.53 Å². The zero-order valence-corrected chi connectivity index (χ0v) is 11.2. The summed E-state index contributed by atoms with van der Waals surface area (Å²) < 4.78 is 5.60. The number of hydrogen-bond acceptors (Lipinski definition) is 2. The lowest BCUT2D eigenvalue weighted by molar-refractivity contribution is -0.126. The number of halogens is 1. The quantitative estimate of drug-likeness (QED) is 0.851. The monoisotopic (exact) mass is 267 g/mol. The Bertz CT molecular complexity index is 420. The minimum absolute atomic E-state index is 0.0572. The number of carbonyl (C=O) groups is 1. The minimum atomic E-state index is -0.0921. The third kappa shape index (κ3) is 3.39. The van der Waals surface area contributed by atoms with Crippen LogP contribution in [0.2, 0.25) is 0 Å². The number of amides is 1. The highest BCUT2D eigenvalue weighted by molar-refractivity contribution is 6.20. The lowest BCUT2D eigenvalue weighted by atomic mass is 9.96. The molecule has 2 rings (SSSR count). The number of nitrogens with one attached hydrogen (secondary N) is 1. The number of ether oxygens (including phenoxy) is 1. The van der Waals surface area contributed by atoms with Crippen molar-refractivity contribution in [2.45, 2.75) is 25.1 Å². The van der Waals surface area contributed by atoms with Gasteiger partial charge in [0.15, 0.2) is 0 Å². The van der Waals surface area contributed by atoms with E-state index in [1.165, 1.54) is 0 Å². The van der Waals surface area contributed by atoms with E-state index in [1.54, 1.807) is 0 Å². The molecule has 0 saturated carbocycles. The molecule has 0 radical (unpaired) electrons. The van der Waals surface area contributed by atoms with Crippen LogP contribution in [0.25, 0.3) is 0 Å². The third-order valence-corrected chi connectivity index (χ3v) is 3.31. The molecule has 1 aromatic carbocycles. The highest BCUT2D eigenvalue weighted by atomic mass is 35.5. The second-order valence-corrected chi connectivity index (χ2v) is 5.43. The molecular weight excluding hydrogens is 250 g/mol. The standard InChI is InChI=1S/C14H18ClNO2/c1-10(15)6-7-16-14(17)12-8-11-4-2-3-5-13(11)18-9-12/h2-5,10,12H,6-9H2,1H3,(H,16,17). The van der Waals surface area contributed by atoms with Gasteiger partial charge in [-0.25, -0.2) is 0 Å². The van der Waals surface area contributed by atoms with E-state index in [0.717, 1.165) is 24.2 Å². The van der Waals surface area contributed by atoms with Gasteiger partial charge in [0, 0.05) is 11.9 Å². The van der Waals surface area contributed by atoms with Gasteiger partial charge in [-0.3, -0.25) is 4.79 Å². The summed E-state index contributed by atoms with van der Waals surface area (Å²) in [7, 11) is 0. The van der Waals surface area contributed by atoms with Gasteiger partial charge in [-0.15, -0.1) is 11.6 Å². The van der Waals surface area contributed by atoms with Crippen LogP contribution in [0.5, 0.6) is 5.75 Å². The Morgan fingerprint density at radius 3 is 3.11 bits per heavy atom. The second kappa shape index (κ2) is 6.10. The molecule has 0 aliphatic carbocycles. The van der Waals surface area contributed by atoms with E-state index < -0.39 is 0 Å². The summed E-state index contributed by atoms with van der Waals surface area (Å²) in [5.74, 6) is 0.864. The summed E-state index contributed by atoms with van der Waals surface area (Å²) >= 11 is 5.84. The van der Waals surface area contributed by atoms with Crippen LogP contribution in [-0.4, -0.2) is 24.4 Å². The SMILES string of the molecule is CC(Cl)CCNC(=O)C1COc2ccccc2C1. The van der Waals surface area contributed by atoms with Gasteiger partial charge in [0.25, 0.3) is 0 Å². The van der Waals surface area contributed by atoms with Crippen molar-refractivity contribution in [3.8, 4) is 5.75 Å². The molecular formula is C14H18ClNO2. The van der Waals surface area contributed by atoms with E-state index in [0.29, 0.717) is 13.2 Å². The van der Waals surface area contributed by atoms with Crippen LogP contribution in [0.15, 0.2) is 24.3 Å². The van der Waals surface area contributed by atoms with Gasteiger partial charge in [0.1, 0.15) is 12.4 Å². The molecule has 0 bridgehead atoms. The van der Waals surface area contributed by atoms with Crippen molar-refractivity contribution in [1.29, 1.82) is 0 Å². The van der Waals surface area contributed by atoms with Crippen LogP contribution in [0.4, 0.5) is 0 Å². The molecule has 1 amide bonds. The van der Waals surface area contributed by atoms with Gasteiger partial charge in [-0.05, 0) is 31.4 Å². The average Bonchev–Trinajstić information content (AvgIpc) is 2.37. The lowest BCUT2D eigenvalue weighted by Crippen LogP contribution is -2.38. The Balaban J connectivity index is 1.87. The number of fused-ring (bicyclic) bond motifs is 1. The maximum Gasteiger partial charge on any atom is 0.226 e. The highest BCUT2D eigenvalue weighted by Crippen LogP contribution is 2.26. The summed E-state index contributed by atoms with van der Waals surface area (Å²) in [4.78, 5) is 12.0. The molecule has 0 saturated heterocycles. The van der Waals surface area contributed by atoms with Crippen molar-refractivity contribution >= 4 is 17.5 Å². The molecule has 2 atom stereocenters. The van der Waals surface area contributed by atoms with E-state index in [9.17, 15) is 4.79 Å². The Morgan fingerprint density at radius 1 is 1.56 bits per heavy atom. The molecule has 1 aliphatic rings. The lowest BCUT2D eigenvalue weighted by Gasteiger charge is -2.24. The van der Waals surface area contributed by atoms with E-state index in [1.807, 2.05) is 31.2 Å². The first-order chi connectivity index (χ1) is 8.66. The fourth-order valence-electron chi connectivity index (χ4n) is 2.04. The molecule has 1 N–H and O–H groups in total. The molecule has 3 nitrogen and oxygen atoms in total. The van der Waals surface area contributed by atoms with E-state index in [4.69, 9.17) is 16.3 Å². The molecule has 2 unspecified atom stereocenters. The van der Waals surface area contributed by atoms with E-state index in [-0.39, 0.29) is 17.2 Å². The number of alkyl halides is 1. The summed E-state index contributed by atoms with van der Waals surface area (Å²) in [6.07, 6.45) is 1.54. The summed E-state index contributed by atoms with van der Waals surface area (Å²) in [5, 5.41) is 3.00. The Morgan fingerprint density at radius 2 is 2.33 bits per heavy atom. The molecule has 1 aliphatic heterocycles. The summed E-state index contributed by atoms with van der Waals surface area (Å²) in [6.45, 7) is 3.01. The van der Waals surface area contributed by atoms with Crippen LogP contribution in [0.1, 0.15) is 18.9 Å². The van der Waals surface area contributed by atoms with Crippen molar-refractivity contribution in [2.24, 2.45) is 5.92 Å².